The molecule has 1 amide bonds. The Morgan fingerprint density at radius 1 is 1.50 bits per heavy atom. The van der Waals surface area contributed by atoms with Crippen molar-refractivity contribution in [2.24, 2.45) is 17.4 Å². The topological polar surface area (TPSA) is 122 Å². The number of nitrogens with two attached hydrogens (primary N) is 2. The smallest absolute Gasteiger partial charge is 0.319 e. The second-order valence-electron chi connectivity index (χ2n) is 4.99. The molecule has 1 saturated carbocycles. The van der Waals surface area contributed by atoms with Crippen molar-refractivity contribution in [3.8, 4) is 0 Å². The summed E-state index contributed by atoms with van der Waals surface area (Å²) in [5, 5.41) is 9.78. The van der Waals surface area contributed by atoms with Gasteiger partial charge in [0.15, 0.2) is 0 Å². The number of hydrogen-bond acceptors (Lipinski definition) is 5. The van der Waals surface area contributed by atoms with Gasteiger partial charge >= 0.3 is 5.97 Å². The predicted molar refractivity (Wildman–Crippen MR) is 66.3 cm³/mol. The number of likely N-dealkylation sites (N-methyl/N-ethyl adjacent to an activating group) is 1. The molecule has 1 fully saturated rings. The molecule has 6 N–H and O–H groups in total. The molecule has 0 aromatic rings. The van der Waals surface area contributed by atoms with E-state index in [2.05, 4.69) is 5.43 Å². The monoisotopic (exact) mass is 258 g/mol. The van der Waals surface area contributed by atoms with Gasteiger partial charge in [0.2, 0.25) is 5.91 Å². The molecule has 1 rings (SSSR count). The van der Waals surface area contributed by atoms with E-state index in [-0.39, 0.29) is 36.9 Å². The summed E-state index contributed by atoms with van der Waals surface area (Å²) in [4.78, 5) is 22.1. The van der Waals surface area contributed by atoms with Crippen molar-refractivity contribution < 1.29 is 14.7 Å². The summed E-state index contributed by atoms with van der Waals surface area (Å²) in [5.74, 6) is -0.967. The first kappa shape index (κ1) is 14.9. The summed E-state index contributed by atoms with van der Waals surface area (Å²) in [6.45, 7) is -0.241. The lowest BCUT2D eigenvalue weighted by molar-refractivity contribution is -0.139. The van der Waals surface area contributed by atoms with Gasteiger partial charge in [-0.3, -0.25) is 15.0 Å². The molecule has 0 bridgehead atoms. The molecular formula is C11H22N4O3. The molecule has 0 heterocycles. The summed E-state index contributed by atoms with van der Waals surface area (Å²) in [6.07, 6.45) is 2.97. The van der Waals surface area contributed by atoms with Gasteiger partial charge in [-0.05, 0) is 25.2 Å². The van der Waals surface area contributed by atoms with Gasteiger partial charge < -0.3 is 16.6 Å². The molecule has 104 valence electrons. The summed E-state index contributed by atoms with van der Waals surface area (Å²) >= 11 is 0. The largest absolute Gasteiger partial charge is 0.480 e. The summed E-state index contributed by atoms with van der Waals surface area (Å²) in [5.41, 5.74) is 14.2. The molecule has 1 aliphatic carbocycles. The van der Waals surface area contributed by atoms with Crippen LogP contribution in [0.2, 0.25) is 0 Å². The van der Waals surface area contributed by atoms with Crippen LogP contribution in [-0.4, -0.2) is 47.7 Å². The van der Waals surface area contributed by atoms with Crippen molar-refractivity contribution >= 4 is 11.9 Å². The molecule has 3 atom stereocenters. The van der Waals surface area contributed by atoms with Gasteiger partial charge in [0, 0.05) is 25.6 Å². The molecule has 0 radical (unpaired) electrons. The van der Waals surface area contributed by atoms with Crippen LogP contribution in [0.3, 0.4) is 0 Å². The first-order chi connectivity index (χ1) is 8.38. The van der Waals surface area contributed by atoms with E-state index in [0.717, 1.165) is 19.3 Å². The lowest BCUT2D eigenvalue weighted by atomic mass is 9.96. The third-order valence-electron chi connectivity index (χ3n) is 3.23. The molecule has 0 saturated heterocycles. The lowest BCUT2D eigenvalue weighted by Crippen LogP contribution is -2.45. The van der Waals surface area contributed by atoms with E-state index in [4.69, 9.17) is 16.6 Å². The van der Waals surface area contributed by atoms with Crippen molar-refractivity contribution in [1.82, 2.24) is 10.4 Å². The van der Waals surface area contributed by atoms with Gasteiger partial charge in [0.1, 0.15) is 6.54 Å². The number of carbonyl (C=O) groups excluding carboxylic acids is 1. The number of nitrogens with zero attached hydrogens (tertiary/aromatic N) is 1. The number of rotatable bonds is 6. The Balaban J connectivity index is 2.29. The first-order valence-corrected chi connectivity index (χ1v) is 6.12. The Bertz CT molecular complexity index is 311. The Morgan fingerprint density at radius 2 is 2.17 bits per heavy atom. The van der Waals surface area contributed by atoms with Gasteiger partial charge in [0.25, 0.3) is 0 Å². The number of aliphatic carboxylic acids is 1. The third-order valence-corrected chi connectivity index (χ3v) is 3.23. The molecule has 7 heteroatoms. The molecule has 0 aliphatic heterocycles. The van der Waals surface area contributed by atoms with Crippen LogP contribution >= 0.6 is 0 Å². The fourth-order valence-corrected chi connectivity index (χ4v) is 2.32. The van der Waals surface area contributed by atoms with Crippen LogP contribution in [-0.2, 0) is 9.59 Å². The lowest BCUT2D eigenvalue weighted by Gasteiger charge is -2.21. The summed E-state index contributed by atoms with van der Waals surface area (Å²) < 4.78 is 0. The average Bonchev–Trinajstić information content (AvgIpc) is 2.62. The standard InChI is InChI=1S/C11H22N4O3/c1-15(6-11(17)18)14-10(16)5-9(13)7-2-3-8(12)4-7/h7-9H,2-6,12-13H2,1H3,(H,14,16)(H,17,18)/t7-,8+,9?/m0/s1. The second-order valence-corrected chi connectivity index (χ2v) is 4.99. The highest BCUT2D eigenvalue weighted by atomic mass is 16.4. The maximum absolute atomic E-state index is 11.6. The first-order valence-electron chi connectivity index (χ1n) is 6.12. The predicted octanol–water partition coefficient (Wildman–Crippen LogP) is -1.12. The maximum Gasteiger partial charge on any atom is 0.319 e. The molecule has 1 unspecified atom stereocenters. The normalized spacial score (nSPS) is 25.1. The van der Waals surface area contributed by atoms with Crippen LogP contribution in [0.15, 0.2) is 0 Å². The molecule has 0 spiro atoms. The summed E-state index contributed by atoms with van der Waals surface area (Å²) in [7, 11) is 1.50. The number of nitrogens with one attached hydrogen (secondary N) is 1. The van der Waals surface area contributed by atoms with E-state index in [1.165, 1.54) is 12.1 Å². The van der Waals surface area contributed by atoms with Crippen molar-refractivity contribution in [1.29, 1.82) is 0 Å². The zero-order valence-electron chi connectivity index (χ0n) is 10.6. The SMILES string of the molecule is CN(CC(=O)O)NC(=O)CC(N)[C@H]1CC[C@@H](N)C1. The fraction of sp³-hybridized carbons (Fsp3) is 0.818. The van der Waals surface area contributed by atoms with Crippen LogP contribution in [0.1, 0.15) is 25.7 Å². The number of amides is 1. The molecule has 18 heavy (non-hydrogen) atoms. The van der Waals surface area contributed by atoms with Crippen molar-refractivity contribution in [2.75, 3.05) is 13.6 Å². The molecular weight excluding hydrogens is 236 g/mol. The third kappa shape index (κ3) is 4.99. The molecule has 0 aromatic carbocycles. The van der Waals surface area contributed by atoms with Gasteiger partial charge in [-0.1, -0.05) is 0 Å². The number of carbonyl (C=O) groups is 2. The number of carboxylic acid groups (broad SMARTS) is 1. The van der Waals surface area contributed by atoms with Gasteiger partial charge in [-0.15, -0.1) is 0 Å². The van der Waals surface area contributed by atoms with Gasteiger partial charge in [-0.2, -0.15) is 0 Å². The average molecular weight is 258 g/mol. The number of hydrogen-bond donors (Lipinski definition) is 4. The Hall–Kier alpha value is -1.18. The van der Waals surface area contributed by atoms with E-state index in [9.17, 15) is 9.59 Å². The Labute approximate surface area is 106 Å². The highest BCUT2D eigenvalue weighted by Gasteiger charge is 2.28. The van der Waals surface area contributed by atoms with Crippen LogP contribution in [0.25, 0.3) is 0 Å². The van der Waals surface area contributed by atoms with Gasteiger partial charge in [-0.25, -0.2) is 5.01 Å². The van der Waals surface area contributed by atoms with Crippen LogP contribution in [0.5, 0.6) is 0 Å². The highest BCUT2D eigenvalue weighted by molar-refractivity contribution is 5.76. The minimum absolute atomic E-state index is 0.193. The van der Waals surface area contributed by atoms with Gasteiger partial charge in [0.05, 0.1) is 0 Å². The quantitative estimate of drug-likeness (QED) is 0.448. The molecule has 7 nitrogen and oxygen atoms in total. The zero-order chi connectivity index (χ0) is 13.7. The Kier molecular flexibility index (Phi) is 5.52. The van der Waals surface area contributed by atoms with E-state index in [0.29, 0.717) is 0 Å². The van der Waals surface area contributed by atoms with E-state index >= 15 is 0 Å². The van der Waals surface area contributed by atoms with Crippen LogP contribution in [0, 0.1) is 5.92 Å². The number of carboxylic acids is 1. The maximum atomic E-state index is 11.6. The minimum atomic E-state index is -0.996. The zero-order valence-corrected chi connectivity index (χ0v) is 10.6. The molecule has 0 aromatic heterocycles. The number of hydrazine groups is 1. The highest BCUT2D eigenvalue weighted by Crippen LogP contribution is 2.27. The fourth-order valence-electron chi connectivity index (χ4n) is 2.32. The van der Waals surface area contributed by atoms with Crippen molar-refractivity contribution in [3.05, 3.63) is 0 Å². The van der Waals surface area contributed by atoms with E-state index in [1.54, 1.807) is 0 Å². The van der Waals surface area contributed by atoms with Crippen molar-refractivity contribution in [2.45, 2.75) is 37.8 Å². The Morgan fingerprint density at radius 3 is 2.67 bits per heavy atom. The molecule has 1 aliphatic rings. The van der Waals surface area contributed by atoms with E-state index in [1.807, 2.05) is 0 Å². The van der Waals surface area contributed by atoms with Crippen LogP contribution in [0.4, 0.5) is 0 Å². The summed E-state index contributed by atoms with van der Waals surface area (Å²) in [6, 6.07) is -0.0180. The second kappa shape index (κ2) is 6.67. The van der Waals surface area contributed by atoms with Crippen LogP contribution < -0.4 is 16.9 Å². The van der Waals surface area contributed by atoms with Crippen molar-refractivity contribution in [3.63, 3.8) is 0 Å². The van der Waals surface area contributed by atoms with E-state index < -0.39 is 5.97 Å². The minimum Gasteiger partial charge on any atom is -0.480 e.